The molecule has 1 amide bonds. The van der Waals surface area contributed by atoms with E-state index in [0.29, 0.717) is 5.75 Å². The molecule has 0 spiro atoms. The van der Waals surface area contributed by atoms with Crippen LogP contribution in [-0.2, 0) is 4.79 Å². The normalized spacial score (nSPS) is 10.0. The molecule has 3 aromatic carbocycles. The summed E-state index contributed by atoms with van der Waals surface area (Å²) in [6, 6.07) is 26.7. The van der Waals surface area contributed by atoms with Crippen molar-refractivity contribution in [3.63, 3.8) is 0 Å². The Morgan fingerprint density at radius 1 is 0.708 bits per heavy atom. The van der Waals surface area contributed by atoms with Crippen molar-refractivity contribution in [2.45, 2.75) is 0 Å². The summed E-state index contributed by atoms with van der Waals surface area (Å²) in [7, 11) is 0. The summed E-state index contributed by atoms with van der Waals surface area (Å²) in [5.41, 5.74) is 2.71. The molecule has 0 aliphatic carbocycles. The number of amides is 1. The average molecular weight is 318 g/mol. The number of hydrogen-bond donors (Lipinski definition) is 2. The predicted molar refractivity (Wildman–Crippen MR) is 96.7 cm³/mol. The van der Waals surface area contributed by atoms with Gasteiger partial charge in [0.25, 0.3) is 5.91 Å². The van der Waals surface area contributed by atoms with E-state index in [-0.39, 0.29) is 12.5 Å². The van der Waals surface area contributed by atoms with Gasteiger partial charge >= 0.3 is 0 Å². The summed E-state index contributed by atoms with van der Waals surface area (Å²) in [6.07, 6.45) is 0. The molecular formula is C20H18N2O2. The molecule has 0 aromatic heterocycles. The van der Waals surface area contributed by atoms with Crippen molar-refractivity contribution in [1.29, 1.82) is 0 Å². The number of ether oxygens (including phenoxy) is 1. The summed E-state index contributed by atoms with van der Waals surface area (Å²) in [4.78, 5) is 11.9. The standard InChI is InChI=1S/C20H18N2O2/c23-20(15-24-19-9-5-2-6-10-19)22-18-13-11-17(12-14-18)21-16-7-3-1-4-8-16/h1-14,21H,15H2,(H,22,23). The van der Waals surface area contributed by atoms with Crippen molar-refractivity contribution in [2.24, 2.45) is 0 Å². The van der Waals surface area contributed by atoms with Crippen LogP contribution in [-0.4, -0.2) is 12.5 Å². The fraction of sp³-hybridized carbons (Fsp3) is 0.0500. The Labute approximate surface area is 141 Å². The average Bonchev–Trinajstić information content (AvgIpc) is 2.63. The van der Waals surface area contributed by atoms with E-state index in [2.05, 4.69) is 10.6 Å². The van der Waals surface area contributed by atoms with Gasteiger partial charge in [-0.1, -0.05) is 36.4 Å². The number of hydrogen-bond acceptors (Lipinski definition) is 3. The zero-order valence-corrected chi connectivity index (χ0v) is 13.1. The highest BCUT2D eigenvalue weighted by atomic mass is 16.5. The van der Waals surface area contributed by atoms with Crippen LogP contribution >= 0.6 is 0 Å². The van der Waals surface area contributed by atoms with Gasteiger partial charge in [-0.15, -0.1) is 0 Å². The molecule has 0 atom stereocenters. The molecule has 3 rings (SSSR count). The first-order valence-electron chi connectivity index (χ1n) is 7.69. The van der Waals surface area contributed by atoms with Gasteiger partial charge in [0.15, 0.2) is 6.61 Å². The Hall–Kier alpha value is -3.27. The van der Waals surface area contributed by atoms with Gasteiger partial charge in [-0.25, -0.2) is 0 Å². The lowest BCUT2D eigenvalue weighted by molar-refractivity contribution is -0.118. The molecule has 4 heteroatoms. The van der Waals surface area contributed by atoms with Gasteiger partial charge < -0.3 is 15.4 Å². The fourth-order valence-corrected chi connectivity index (χ4v) is 2.19. The van der Waals surface area contributed by atoms with E-state index in [0.717, 1.165) is 17.1 Å². The lowest BCUT2D eigenvalue weighted by atomic mass is 10.2. The summed E-state index contributed by atoms with van der Waals surface area (Å²) in [5.74, 6) is 0.484. The van der Waals surface area contributed by atoms with Crippen LogP contribution in [0.1, 0.15) is 0 Å². The van der Waals surface area contributed by atoms with E-state index in [1.165, 1.54) is 0 Å². The minimum absolute atomic E-state index is 0.0198. The Balaban J connectivity index is 1.51. The molecule has 0 heterocycles. The number of anilines is 3. The second-order valence-electron chi connectivity index (χ2n) is 5.22. The molecular weight excluding hydrogens is 300 g/mol. The molecule has 0 saturated carbocycles. The van der Waals surface area contributed by atoms with Crippen LogP contribution in [0.5, 0.6) is 5.75 Å². The quantitative estimate of drug-likeness (QED) is 0.706. The number of carbonyl (C=O) groups excluding carboxylic acids is 1. The molecule has 0 radical (unpaired) electrons. The Bertz CT molecular complexity index is 772. The molecule has 0 bridgehead atoms. The van der Waals surface area contributed by atoms with Crippen LogP contribution in [0.2, 0.25) is 0 Å². The third-order valence-corrected chi connectivity index (χ3v) is 3.34. The lowest BCUT2D eigenvalue weighted by Gasteiger charge is -2.09. The third-order valence-electron chi connectivity index (χ3n) is 3.34. The van der Waals surface area contributed by atoms with Gasteiger partial charge in [0.2, 0.25) is 0 Å². The van der Waals surface area contributed by atoms with Gasteiger partial charge in [0, 0.05) is 17.1 Å². The lowest BCUT2D eigenvalue weighted by Crippen LogP contribution is -2.20. The van der Waals surface area contributed by atoms with Crippen LogP contribution in [0.4, 0.5) is 17.1 Å². The van der Waals surface area contributed by atoms with Gasteiger partial charge in [-0.3, -0.25) is 4.79 Å². The maximum atomic E-state index is 11.9. The minimum Gasteiger partial charge on any atom is -0.484 e. The largest absolute Gasteiger partial charge is 0.484 e. The van der Waals surface area contributed by atoms with Crippen molar-refractivity contribution >= 4 is 23.0 Å². The molecule has 0 fully saturated rings. The van der Waals surface area contributed by atoms with Crippen molar-refractivity contribution in [2.75, 3.05) is 17.2 Å². The Kier molecular flexibility index (Phi) is 5.10. The number of rotatable bonds is 6. The fourth-order valence-electron chi connectivity index (χ4n) is 2.19. The highest BCUT2D eigenvalue weighted by molar-refractivity contribution is 5.92. The highest BCUT2D eigenvalue weighted by Gasteiger charge is 2.04. The second-order valence-corrected chi connectivity index (χ2v) is 5.22. The molecule has 4 nitrogen and oxygen atoms in total. The first-order chi connectivity index (χ1) is 11.8. The highest BCUT2D eigenvalue weighted by Crippen LogP contribution is 2.18. The van der Waals surface area contributed by atoms with E-state index >= 15 is 0 Å². The second kappa shape index (κ2) is 7.83. The van der Waals surface area contributed by atoms with Crippen LogP contribution in [0.25, 0.3) is 0 Å². The maximum absolute atomic E-state index is 11.9. The van der Waals surface area contributed by atoms with E-state index in [9.17, 15) is 4.79 Å². The van der Waals surface area contributed by atoms with E-state index in [1.807, 2.05) is 84.9 Å². The number of nitrogens with one attached hydrogen (secondary N) is 2. The zero-order chi connectivity index (χ0) is 16.6. The SMILES string of the molecule is O=C(COc1ccccc1)Nc1ccc(Nc2ccccc2)cc1. The van der Waals surface area contributed by atoms with Gasteiger partial charge in [-0.05, 0) is 48.5 Å². The smallest absolute Gasteiger partial charge is 0.262 e. The first-order valence-corrected chi connectivity index (χ1v) is 7.69. The topological polar surface area (TPSA) is 50.4 Å². The summed E-state index contributed by atoms with van der Waals surface area (Å²) >= 11 is 0. The van der Waals surface area contributed by atoms with Gasteiger partial charge in [0.1, 0.15) is 5.75 Å². The number of benzene rings is 3. The number of carbonyl (C=O) groups is 1. The molecule has 3 aromatic rings. The third kappa shape index (κ3) is 4.61. The van der Waals surface area contributed by atoms with Crippen molar-refractivity contribution in [3.05, 3.63) is 84.9 Å². The van der Waals surface area contributed by atoms with E-state index in [1.54, 1.807) is 0 Å². The van der Waals surface area contributed by atoms with Crippen LogP contribution in [0.3, 0.4) is 0 Å². The molecule has 120 valence electrons. The van der Waals surface area contributed by atoms with E-state index in [4.69, 9.17) is 4.74 Å². The minimum atomic E-state index is -0.192. The zero-order valence-electron chi connectivity index (χ0n) is 13.1. The maximum Gasteiger partial charge on any atom is 0.262 e. The first kappa shape index (κ1) is 15.6. The summed E-state index contributed by atoms with van der Waals surface area (Å²) < 4.78 is 5.42. The van der Waals surface area contributed by atoms with Crippen LogP contribution < -0.4 is 15.4 Å². The molecule has 0 aliphatic rings. The van der Waals surface area contributed by atoms with Crippen molar-refractivity contribution in [3.8, 4) is 5.75 Å². The Morgan fingerprint density at radius 2 is 1.25 bits per heavy atom. The van der Waals surface area contributed by atoms with Gasteiger partial charge in [-0.2, -0.15) is 0 Å². The molecule has 0 unspecified atom stereocenters. The summed E-state index contributed by atoms with van der Waals surface area (Å²) in [5, 5.41) is 6.11. The van der Waals surface area contributed by atoms with Crippen LogP contribution in [0, 0.1) is 0 Å². The molecule has 24 heavy (non-hydrogen) atoms. The Morgan fingerprint density at radius 3 is 1.92 bits per heavy atom. The van der Waals surface area contributed by atoms with Crippen LogP contribution in [0.15, 0.2) is 84.9 Å². The van der Waals surface area contributed by atoms with Crippen molar-refractivity contribution in [1.82, 2.24) is 0 Å². The number of para-hydroxylation sites is 2. The monoisotopic (exact) mass is 318 g/mol. The predicted octanol–water partition coefficient (Wildman–Crippen LogP) is 4.45. The summed E-state index contributed by atoms with van der Waals surface area (Å²) in [6.45, 7) is -0.0198. The van der Waals surface area contributed by atoms with Crippen molar-refractivity contribution < 1.29 is 9.53 Å². The molecule has 0 saturated heterocycles. The molecule has 0 aliphatic heterocycles. The van der Waals surface area contributed by atoms with E-state index < -0.39 is 0 Å². The van der Waals surface area contributed by atoms with Gasteiger partial charge in [0.05, 0.1) is 0 Å². The molecule has 2 N–H and O–H groups in total.